The minimum Gasteiger partial charge on any atom is -0.496 e. The molecule has 3 aromatic rings. The van der Waals surface area contributed by atoms with Gasteiger partial charge in [-0.25, -0.2) is 9.78 Å². The molecule has 0 spiro atoms. The Bertz CT molecular complexity index is 1650. The highest BCUT2D eigenvalue weighted by molar-refractivity contribution is 5.94. The van der Waals surface area contributed by atoms with Crippen LogP contribution >= 0.6 is 0 Å². The fourth-order valence-corrected chi connectivity index (χ4v) is 8.46. The van der Waals surface area contributed by atoms with Crippen molar-refractivity contribution in [1.82, 2.24) is 30.1 Å². The first kappa shape index (κ1) is 33.4. The third-order valence-electron chi connectivity index (χ3n) is 11.8. The molecule has 4 aliphatic carbocycles. The van der Waals surface area contributed by atoms with E-state index in [9.17, 15) is 14.7 Å². The van der Waals surface area contributed by atoms with Crippen LogP contribution in [0.25, 0.3) is 5.69 Å². The zero-order valence-corrected chi connectivity index (χ0v) is 29.2. The number of hydrogen-bond donors (Lipinski definition) is 1. The Morgan fingerprint density at radius 2 is 1.73 bits per heavy atom. The SMILES string of the molecule is COc1ccc(C23CCC(CN(C(=O)C4CCC(OC(=O)N5CC(O)C5)CC4)c4cc(-n5nnc(C(C)C)n5)ccn4)(CC2)CC3)cc1C. The number of aryl methyl sites for hydroxylation is 1. The third-order valence-corrected chi connectivity index (χ3v) is 11.8. The largest absolute Gasteiger partial charge is 0.496 e. The van der Waals surface area contributed by atoms with Crippen LogP contribution in [0.2, 0.25) is 0 Å². The van der Waals surface area contributed by atoms with Crippen LogP contribution in [0.4, 0.5) is 10.6 Å². The van der Waals surface area contributed by atoms with Gasteiger partial charge in [0.15, 0.2) is 5.82 Å². The smallest absolute Gasteiger partial charge is 0.410 e. The Balaban J connectivity index is 1.10. The number of aromatic nitrogens is 5. The molecule has 1 aliphatic heterocycles. The van der Waals surface area contributed by atoms with Gasteiger partial charge >= 0.3 is 6.09 Å². The van der Waals surface area contributed by atoms with E-state index in [2.05, 4.69) is 40.5 Å². The molecule has 262 valence electrons. The van der Waals surface area contributed by atoms with Crippen molar-refractivity contribution in [1.29, 1.82) is 0 Å². The molecule has 0 unspecified atom stereocenters. The summed E-state index contributed by atoms with van der Waals surface area (Å²) < 4.78 is 11.3. The summed E-state index contributed by atoms with van der Waals surface area (Å²) in [5.41, 5.74) is 3.48. The van der Waals surface area contributed by atoms with Crippen molar-refractivity contribution < 1.29 is 24.2 Å². The van der Waals surface area contributed by atoms with Gasteiger partial charge in [0.05, 0.1) is 32.0 Å². The minimum atomic E-state index is -0.465. The molecule has 4 saturated carbocycles. The Kier molecular flexibility index (Phi) is 9.10. The van der Waals surface area contributed by atoms with E-state index in [0.29, 0.717) is 62.6 Å². The maximum absolute atomic E-state index is 14.6. The second-order valence-corrected chi connectivity index (χ2v) is 15.3. The number of amides is 2. The molecule has 3 heterocycles. The Morgan fingerprint density at radius 3 is 2.35 bits per heavy atom. The first-order valence-electron chi connectivity index (χ1n) is 17.9. The van der Waals surface area contributed by atoms with E-state index >= 15 is 0 Å². The second-order valence-electron chi connectivity index (χ2n) is 15.3. The molecule has 1 saturated heterocycles. The normalized spacial score (nSPS) is 26.8. The Labute approximate surface area is 288 Å². The Morgan fingerprint density at radius 1 is 1.02 bits per heavy atom. The summed E-state index contributed by atoms with van der Waals surface area (Å²) in [6.45, 7) is 7.44. The predicted molar refractivity (Wildman–Crippen MR) is 183 cm³/mol. The second kappa shape index (κ2) is 13.3. The first-order chi connectivity index (χ1) is 23.6. The first-order valence-corrected chi connectivity index (χ1v) is 17.9. The summed E-state index contributed by atoms with van der Waals surface area (Å²) in [6.07, 6.45) is 9.67. The van der Waals surface area contributed by atoms with Crippen LogP contribution in [0.3, 0.4) is 0 Å². The van der Waals surface area contributed by atoms with E-state index in [-0.39, 0.29) is 40.8 Å². The number of carbonyl (C=O) groups excluding carboxylic acids is 2. The maximum atomic E-state index is 14.6. The third kappa shape index (κ3) is 6.63. The number of β-amino-alcohol motifs (C(OH)–C–C–N with tert-alkyl or cyclic N) is 1. The van der Waals surface area contributed by atoms with Gasteiger partial charge in [0.2, 0.25) is 5.91 Å². The topological polar surface area (TPSA) is 136 Å². The van der Waals surface area contributed by atoms with Gasteiger partial charge in [-0.2, -0.15) is 0 Å². The average molecular weight is 672 g/mol. The number of hydrogen-bond acceptors (Lipinski definition) is 9. The van der Waals surface area contributed by atoms with Gasteiger partial charge in [-0.15, -0.1) is 15.0 Å². The molecule has 2 aromatic heterocycles. The van der Waals surface area contributed by atoms with Gasteiger partial charge in [-0.3, -0.25) is 9.69 Å². The predicted octanol–water partition coefficient (Wildman–Crippen LogP) is 5.49. The van der Waals surface area contributed by atoms with E-state index in [1.165, 1.54) is 20.8 Å². The molecule has 2 amide bonds. The molecule has 5 fully saturated rings. The van der Waals surface area contributed by atoms with Gasteiger partial charge in [0.1, 0.15) is 17.7 Å². The van der Waals surface area contributed by atoms with Crippen LogP contribution in [-0.4, -0.2) is 86.2 Å². The monoisotopic (exact) mass is 671 g/mol. The van der Waals surface area contributed by atoms with Crippen LogP contribution < -0.4 is 9.64 Å². The quantitative estimate of drug-likeness (QED) is 0.313. The van der Waals surface area contributed by atoms with Crippen LogP contribution in [-0.2, 0) is 14.9 Å². The van der Waals surface area contributed by atoms with E-state index in [1.807, 2.05) is 30.9 Å². The summed E-state index contributed by atoms with van der Waals surface area (Å²) in [4.78, 5) is 36.8. The van der Waals surface area contributed by atoms with Crippen molar-refractivity contribution in [2.45, 2.75) is 109 Å². The molecule has 12 nitrogen and oxygen atoms in total. The number of methoxy groups -OCH3 is 1. The molecule has 2 bridgehead atoms. The lowest BCUT2D eigenvalue weighted by molar-refractivity contribution is -0.124. The lowest BCUT2D eigenvalue weighted by Crippen LogP contribution is -2.54. The molecule has 1 N–H and O–H groups in total. The highest BCUT2D eigenvalue weighted by Crippen LogP contribution is 2.58. The van der Waals surface area contributed by atoms with E-state index in [4.69, 9.17) is 14.5 Å². The summed E-state index contributed by atoms with van der Waals surface area (Å²) in [5, 5.41) is 22.6. The van der Waals surface area contributed by atoms with Crippen molar-refractivity contribution in [3.05, 3.63) is 53.5 Å². The highest BCUT2D eigenvalue weighted by Gasteiger charge is 2.51. The Hall–Kier alpha value is -4.06. The molecule has 0 atom stereocenters. The number of nitrogens with zero attached hydrogens (tertiary/aromatic N) is 7. The van der Waals surface area contributed by atoms with Gasteiger partial charge in [0.25, 0.3) is 0 Å². The van der Waals surface area contributed by atoms with Crippen LogP contribution in [0, 0.1) is 18.3 Å². The van der Waals surface area contributed by atoms with Crippen molar-refractivity contribution >= 4 is 17.8 Å². The number of likely N-dealkylation sites (tertiary alicyclic amines) is 1. The molecule has 12 heteroatoms. The molecular formula is C37H49N7O5. The number of benzene rings is 1. The van der Waals surface area contributed by atoms with Gasteiger partial charge < -0.3 is 19.5 Å². The van der Waals surface area contributed by atoms with Gasteiger partial charge in [-0.1, -0.05) is 26.0 Å². The lowest BCUT2D eigenvalue weighted by Gasteiger charge is -2.55. The van der Waals surface area contributed by atoms with Crippen molar-refractivity contribution in [2.75, 3.05) is 31.6 Å². The average Bonchev–Trinajstić information content (AvgIpc) is 3.61. The summed E-state index contributed by atoms with van der Waals surface area (Å²) in [6, 6.07) is 10.4. The molecule has 5 aliphatic rings. The fourth-order valence-electron chi connectivity index (χ4n) is 8.46. The van der Waals surface area contributed by atoms with E-state index < -0.39 is 6.10 Å². The fraction of sp³-hybridized carbons (Fsp3) is 0.622. The standard InChI is InChI=1S/C37H49N7O5/c1-24(2)33-39-41-44(40-33)28-11-18-38-32(20-28)43(34(46)26-5-8-30(9-6-26)49-35(47)42-21-29(45)22-42)23-36-12-15-37(16-13-36,17-14-36)27-7-10-31(48-4)25(3)19-27/h7,10-11,18-20,24,26,29-30,45H,5-6,8-9,12-17,21-23H2,1-4H3. The van der Waals surface area contributed by atoms with Crippen molar-refractivity contribution in [3.8, 4) is 11.4 Å². The molecule has 0 radical (unpaired) electrons. The van der Waals surface area contributed by atoms with Gasteiger partial charge in [0, 0.05) is 30.6 Å². The summed E-state index contributed by atoms with van der Waals surface area (Å²) >= 11 is 0. The molecular weight excluding hydrogens is 622 g/mol. The number of rotatable bonds is 9. The number of aliphatic hydroxyl groups is 1. The highest BCUT2D eigenvalue weighted by atomic mass is 16.6. The molecule has 49 heavy (non-hydrogen) atoms. The number of aliphatic hydroxyl groups excluding tert-OH is 1. The maximum Gasteiger partial charge on any atom is 0.410 e. The number of tetrazole rings is 1. The van der Waals surface area contributed by atoms with E-state index in [0.717, 1.165) is 44.3 Å². The number of carbonyl (C=O) groups is 2. The molecule has 8 rings (SSSR count). The number of pyridine rings is 1. The minimum absolute atomic E-state index is 0.0153. The summed E-state index contributed by atoms with van der Waals surface area (Å²) in [5.74, 6) is 2.23. The van der Waals surface area contributed by atoms with Crippen LogP contribution in [0.5, 0.6) is 5.75 Å². The summed E-state index contributed by atoms with van der Waals surface area (Å²) in [7, 11) is 1.72. The zero-order chi connectivity index (χ0) is 34.3. The zero-order valence-electron chi connectivity index (χ0n) is 29.2. The molecule has 1 aromatic carbocycles. The number of anilines is 1. The lowest BCUT2D eigenvalue weighted by atomic mass is 9.51. The van der Waals surface area contributed by atoms with E-state index in [1.54, 1.807) is 13.3 Å². The van der Waals surface area contributed by atoms with Crippen LogP contribution in [0.1, 0.15) is 101 Å². The van der Waals surface area contributed by atoms with Gasteiger partial charge in [-0.05, 0) is 110 Å². The van der Waals surface area contributed by atoms with Crippen LogP contribution in [0.15, 0.2) is 36.5 Å². The van der Waals surface area contributed by atoms with Crippen molar-refractivity contribution in [2.24, 2.45) is 11.3 Å². The number of ether oxygens (including phenoxy) is 2. The number of fused-ring (bicyclic) bond motifs is 3. The van der Waals surface area contributed by atoms with Crippen molar-refractivity contribution in [3.63, 3.8) is 0 Å².